The van der Waals surface area contributed by atoms with Crippen molar-refractivity contribution in [2.75, 3.05) is 26.2 Å². The fourth-order valence-corrected chi connectivity index (χ4v) is 3.49. The molecule has 2 saturated heterocycles. The summed E-state index contributed by atoms with van der Waals surface area (Å²) in [5.41, 5.74) is 1.61. The number of nitrogens with one attached hydrogen (secondary N) is 1. The van der Waals surface area contributed by atoms with Crippen LogP contribution in [-0.2, 0) is 0 Å². The highest BCUT2D eigenvalue weighted by atomic mass is 35.5. The molecule has 0 radical (unpaired) electrons. The summed E-state index contributed by atoms with van der Waals surface area (Å²) >= 11 is 0. The molecule has 0 saturated carbocycles. The first-order valence-electron chi connectivity index (χ1n) is 7.25. The average molecular weight is 307 g/mol. The van der Waals surface area contributed by atoms with Gasteiger partial charge in [0, 0.05) is 19.3 Å². The predicted octanol–water partition coefficient (Wildman–Crippen LogP) is 1.44. The normalized spacial score (nSPS) is 24.7. The highest BCUT2D eigenvalue weighted by Crippen LogP contribution is 2.27. The van der Waals surface area contributed by atoms with Gasteiger partial charge < -0.3 is 10.2 Å². The van der Waals surface area contributed by atoms with Crippen LogP contribution in [0.2, 0.25) is 0 Å². The molecule has 112 valence electrons. The number of likely N-dealkylation sites (tertiary alicyclic amines) is 1. The molecule has 0 aliphatic carbocycles. The van der Waals surface area contributed by atoms with E-state index in [1.54, 1.807) is 10.7 Å². The molecule has 6 heteroatoms. The molecule has 1 amide bonds. The number of nitrogens with zero attached hydrogens (tertiary/aromatic N) is 3. The Morgan fingerprint density at radius 1 is 1.29 bits per heavy atom. The summed E-state index contributed by atoms with van der Waals surface area (Å²) in [5.74, 6) is 1.49. The largest absolute Gasteiger partial charge is 0.338 e. The Kier molecular flexibility index (Phi) is 3.87. The second kappa shape index (κ2) is 5.66. The quantitative estimate of drug-likeness (QED) is 0.867. The van der Waals surface area contributed by atoms with Gasteiger partial charge in [0.25, 0.3) is 5.91 Å². The number of fused-ring (bicyclic) bond motifs is 2. The summed E-state index contributed by atoms with van der Waals surface area (Å²) in [4.78, 5) is 14.7. The molecule has 0 bridgehead atoms. The predicted molar refractivity (Wildman–Crippen MR) is 82.8 cm³/mol. The Bertz CT molecular complexity index is 656. The van der Waals surface area contributed by atoms with Crippen LogP contribution in [0, 0.1) is 11.8 Å². The highest BCUT2D eigenvalue weighted by Gasteiger charge is 2.35. The van der Waals surface area contributed by atoms with E-state index in [0.29, 0.717) is 5.92 Å². The zero-order valence-electron chi connectivity index (χ0n) is 11.7. The molecule has 21 heavy (non-hydrogen) atoms. The maximum Gasteiger partial charge on any atom is 0.257 e. The maximum atomic E-state index is 12.7. The molecule has 2 fully saturated rings. The van der Waals surface area contributed by atoms with E-state index in [1.807, 2.05) is 29.3 Å². The molecule has 0 spiro atoms. The lowest BCUT2D eigenvalue weighted by atomic mass is 9.88. The first-order chi connectivity index (χ1) is 9.83. The third kappa shape index (κ3) is 2.40. The minimum atomic E-state index is 0. The second-order valence-corrected chi connectivity index (χ2v) is 5.81. The van der Waals surface area contributed by atoms with Gasteiger partial charge in [-0.3, -0.25) is 4.79 Å². The van der Waals surface area contributed by atoms with E-state index in [4.69, 9.17) is 0 Å². The minimum absolute atomic E-state index is 0. The lowest BCUT2D eigenvalue weighted by Crippen LogP contribution is -2.43. The summed E-state index contributed by atoms with van der Waals surface area (Å²) in [6.07, 6.45) is 4.68. The van der Waals surface area contributed by atoms with E-state index >= 15 is 0 Å². The number of amides is 1. The molecule has 4 rings (SSSR count). The van der Waals surface area contributed by atoms with Gasteiger partial charge in [-0.2, -0.15) is 5.10 Å². The number of carbonyl (C=O) groups is 1. The van der Waals surface area contributed by atoms with E-state index in [1.165, 1.54) is 0 Å². The Hall–Kier alpha value is -1.59. The van der Waals surface area contributed by atoms with E-state index in [0.717, 1.165) is 49.6 Å². The first kappa shape index (κ1) is 14.4. The summed E-state index contributed by atoms with van der Waals surface area (Å²) in [5, 5.41) is 7.69. The molecule has 2 aliphatic heterocycles. The van der Waals surface area contributed by atoms with Crippen molar-refractivity contribution < 1.29 is 4.79 Å². The molecule has 2 aromatic heterocycles. The van der Waals surface area contributed by atoms with Crippen LogP contribution in [0.4, 0.5) is 0 Å². The third-order valence-electron chi connectivity index (χ3n) is 4.65. The van der Waals surface area contributed by atoms with Gasteiger partial charge in [0.1, 0.15) is 0 Å². The fraction of sp³-hybridized carbons (Fsp3) is 0.467. The number of aromatic nitrogens is 2. The monoisotopic (exact) mass is 306 g/mol. The fourth-order valence-electron chi connectivity index (χ4n) is 3.49. The Balaban J connectivity index is 0.00000132. The molecule has 2 aliphatic rings. The van der Waals surface area contributed by atoms with Crippen LogP contribution in [0.3, 0.4) is 0 Å². The van der Waals surface area contributed by atoms with Crippen molar-refractivity contribution in [2.45, 2.75) is 6.42 Å². The van der Waals surface area contributed by atoms with Crippen molar-refractivity contribution in [1.82, 2.24) is 19.8 Å². The molecule has 2 aromatic rings. The van der Waals surface area contributed by atoms with Gasteiger partial charge in [0.15, 0.2) is 0 Å². The summed E-state index contributed by atoms with van der Waals surface area (Å²) in [6, 6.07) is 5.81. The SMILES string of the molecule is Cl.O=C(c1cnn2ccccc12)N1CCC2CNCC2C1. The second-order valence-electron chi connectivity index (χ2n) is 5.81. The lowest BCUT2D eigenvalue weighted by Gasteiger charge is -2.34. The Morgan fingerprint density at radius 3 is 3.05 bits per heavy atom. The number of piperidine rings is 1. The van der Waals surface area contributed by atoms with E-state index in [2.05, 4.69) is 10.4 Å². The zero-order valence-corrected chi connectivity index (χ0v) is 12.6. The van der Waals surface area contributed by atoms with Gasteiger partial charge in [-0.1, -0.05) is 6.07 Å². The molecule has 4 heterocycles. The van der Waals surface area contributed by atoms with Crippen LogP contribution in [0.1, 0.15) is 16.8 Å². The van der Waals surface area contributed by atoms with Crippen LogP contribution in [0.5, 0.6) is 0 Å². The van der Waals surface area contributed by atoms with Gasteiger partial charge in [-0.05, 0) is 43.5 Å². The summed E-state index contributed by atoms with van der Waals surface area (Å²) in [6.45, 7) is 3.90. The first-order valence-corrected chi connectivity index (χ1v) is 7.25. The van der Waals surface area contributed by atoms with E-state index in [-0.39, 0.29) is 18.3 Å². The van der Waals surface area contributed by atoms with Crippen molar-refractivity contribution >= 4 is 23.8 Å². The van der Waals surface area contributed by atoms with Crippen LogP contribution in [-0.4, -0.2) is 46.6 Å². The molecule has 5 nitrogen and oxygen atoms in total. The standard InChI is InChI=1S/C15H18N4O.ClH/c20-15(13-9-17-19-5-2-1-3-14(13)19)18-6-4-11-7-16-8-12(11)10-18;/h1-3,5,9,11-12,16H,4,6-8,10H2;1H. The van der Waals surface area contributed by atoms with Gasteiger partial charge in [0.2, 0.25) is 0 Å². The molecule has 2 atom stereocenters. The maximum absolute atomic E-state index is 12.7. The molecule has 1 N–H and O–H groups in total. The van der Waals surface area contributed by atoms with Crippen LogP contribution >= 0.6 is 12.4 Å². The van der Waals surface area contributed by atoms with Crippen LogP contribution in [0.15, 0.2) is 30.6 Å². The van der Waals surface area contributed by atoms with Crippen molar-refractivity contribution in [3.8, 4) is 0 Å². The number of pyridine rings is 1. The number of rotatable bonds is 1. The third-order valence-corrected chi connectivity index (χ3v) is 4.65. The van der Waals surface area contributed by atoms with Crippen molar-refractivity contribution in [3.63, 3.8) is 0 Å². The van der Waals surface area contributed by atoms with Gasteiger partial charge >= 0.3 is 0 Å². The summed E-state index contributed by atoms with van der Waals surface area (Å²) < 4.78 is 1.76. The van der Waals surface area contributed by atoms with Crippen molar-refractivity contribution in [2.24, 2.45) is 11.8 Å². The van der Waals surface area contributed by atoms with Gasteiger partial charge in [0.05, 0.1) is 17.3 Å². The smallest absolute Gasteiger partial charge is 0.257 e. The number of hydrogen-bond acceptors (Lipinski definition) is 3. The van der Waals surface area contributed by atoms with E-state index < -0.39 is 0 Å². The topological polar surface area (TPSA) is 49.6 Å². The number of halogens is 1. The number of hydrogen-bond donors (Lipinski definition) is 1. The van der Waals surface area contributed by atoms with Crippen LogP contribution in [0.25, 0.3) is 5.52 Å². The number of carbonyl (C=O) groups excluding carboxylic acids is 1. The highest BCUT2D eigenvalue weighted by molar-refractivity contribution is 6.00. The average Bonchev–Trinajstić information content (AvgIpc) is 3.12. The Morgan fingerprint density at radius 2 is 2.14 bits per heavy atom. The molecule has 2 unspecified atom stereocenters. The van der Waals surface area contributed by atoms with Crippen LogP contribution < -0.4 is 5.32 Å². The molecular formula is C15H19ClN4O. The zero-order chi connectivity index (χ0) is 13.5. The minimum Gasteiger partial charge on any atom is -0.338 e. The lowest BCUT2D eigenvalue weighted by molar-refractivity contribution is 0.0644. The molecular weight excluding hydrogens is 288 g/mol. The molecule has 0 aromatic carbocycles. The van der Waals surface area contributed by atoms with Gasteiger partial charge in [-0.25, -0.2) is 4.52 Å². The van der Waals surface area contributed by atoms with Gasteiger partial charge in [-0.15, -0.1) is 12.4 Å². The summed E-state index contributed by atoms with van der Waals surface area (Å²) in [7, 11) is 0. The van der Waals surface area contributed by atoms with Crippen molar-refractivity contribution in [1.29, 1.82) is 0 Å². The van der Waals surface area contributed by atoms with E-state index in [9.17, 15) is 4.79 Å². The van der Waals surface area contributed by atoms with Crippen molar-refractivity contribution in [3.05, 3.63) is 36.2 Å². The Labute approximate surface area is 129 Å².